The van der Waals surface area contributed by atoms with Gasteiger partial charge < -0.3 is 10.2 Å². The van der Waals surface area contributed by atoms with Gasteiger partial charge in [0.15, 0.2) is 0 Å². The van der Waals surface area contributed by atoms with Crippen LogP contribution in [0.4, 0.5) is 10.1 Å². The van der Waals surface area contributed by atoms with E-state index in [4.69, 9.17) is 0 Å². The molecule has 2 aromatic rings. The summed E-state index contributed by atoms with van der Waals surface area (Å²) in [5, 5.41) is 2.76. The van der Waals surface area contributed by atoms with Crippen molar-refractivity contribution in [3.05, 3.63) is 63.9 Å². The highest BCUT2D eigenvalue weighted by atomic mass is 79.9. The fourth-order valence-corrected chi connectivity index (χ4v) is 3.11. The first-order valence-electron chi connectivity index (χ1n) is 7.70. The quantitative estimate of drug-likeness (QED) is 0.870. The van der Waals surface area contributed by atoms with Crippen molar-refractivity contribution in [3.8, 4) is 0 Å². The minimum atomic E-state index is -0.518. The van der Waals surface area contributed by atoms with Crippen molar-refractivity contribution in [3.63, 3.8) is 0 Å². The van der Waals surface area contributed by atoms with Crippen molar-refractivity contribution in [1.82, 2.24) is 5.32 Å². The molecule has 1 saturated heterocycles. The molecular weight excluding hydrogens is 359 g/mol. The van der Waals surface area contributed by atoms with Gasteiger partial charge in [-0.15, -0.1) is 0 Å². The normalized spacial score (nSPS) is 14.1. The van der Waals surface area contributed by atoms with Crippen LogP contribution in [-0.2, 0) is 6.54 Å². The van der Waals surface area contributed by atoms with Gasteiger partial charge in [-0.3, -0.25) is 4.79 Å². The average Bonchev–Trinajstić information content (AvgIpc) is 3.10. The second-order valence-electron chi connectivity index (χ2n) is 5.67. The lowest BCUT2D eigenvalue weighted by Crippen LogP contribution is -2.24. The zero-order chi connectivity index (χ0) is 16.2. The summed E-state index contributed by atoms with van der Waals surface area (Å²) in [7, 11) is 0. The van der Waals surface area contributed by atoms with Gasteiger partial charge in [-0.25, -0.2) is 4.39 Å². The topological polar surface area (TPSA) is 32.3 Å². The lowest BCUT2D eigenvalue weighted by Gasteiger charge is -2.17. The molecule has 1 aliphatic rings. The Kier molecular flexibility index (Phi) is 4.96. The number of hydrogen-bond donors (Lipinski definition) is 1. The minimum Gasteiger partial charge on any atom is -0.372 e. The number of nitrogens with zero attached hydrogens (tertiary/aromatic N) is 1. The van der Waals surface area contributed by atoms with Crippen LogP contribution in [0.3, 0.4) is 0 Å². The largest absolute Gasteiger partial charge is 0.372 e. The van der Waals surface area contributed by atoms with Crippen molar-refractivity contribution in [2.45, 2.75) is 19.4 Å². The van der Waals surface area contributed by atoms with Crippen LogP contribution in [0.5, 0.6) is 0 Å². The SMILES string of the molecule is O=C(NCc1ccc(N2CCCC2)cc1)c1cc(Br)ccc1F. The van der Waals surface area contributed by atoms with Gasteiger partial charge >= 0.3 is 0 Å². The number of rotatable bonds is 4. The van der Waals surface area contributed by atoms with Crippen molar-refractivity contribution in [1.29, 1.82) is 0 Å². The number of halogens is 2. The van der Waals surface area contributed by atoms with Crippen LogP contribution >= 0.6 is 15.9 Å². The fraction of sp³-hybridized carbons (Fsp3) is 0.278. The summed E-state index contributed by atoms with van der Waals surface area (Å²) >= 11 is 3.25. The Morgan fingerprint density at radius 2 is 1.83 bits per heavy atom. The van der Waals surface area contributed by atoms with Gasteiger partial charge in [-0.2, -0.15) is 0 Å². The van der Waals surface area contributed by atoms with Crippen LogP contribution in [-0.4, -0.2) is 19.0 Å². The predicted molar refractivity (Wildman–Crippen MR) is 93.2 cm³/mol. The fourth-order valence-electron chi connectivity index (χ4n) is 2.75. The van der Waals surface area contributed by atoms with E-state index in [-0.39, 0.29) is 5.56 Å². The lowest BCUT2D eigenvalue weighted by atomic mass is 10.1. The molecule has 2 aromatic carbocycles. The Morgan fingerprint density at radius 1 is 1.13 bits per heavy atom. The summed E-state index contributed by atoms with van der Waals surface area (Å²) in [5.41, 5.74) is 2.26. The zero-order valence-corrected chi connectivity index (χ0v) is 14.3. The monoisotopic (exact) mass is 376 g/mol. The highest BCUT2D eigenvalue weighted by Crippen LogP contribution is 2.20. The number of amides is 1. The Labute approximate surface area is 143 Å². The van der Waals surface area contributed by atoms with Crippen LogP contribution in [0.25, 0.3) is 0 Å². The maximum Gasteiger partial charge on any atom is 0.254 e. The number of carbonyl (C=O) groups is 1. The van der Waals surface area contributed by atoms with Crippen molar-refractivity contribution >= 4 is 27.5 Å². The third-order valence-corrected chi connectivity index (χ3v) is 4.53. The van der Waals surface area contributed by atoms with E-state index in [0.717, 1.165) is 18.7 Å². The van der Waals surface area contributed by atoms with Gasteiger partial charge in [-0.1, -0.05) is 28.1 Å². The van der Waals surface area contributed by atoms with Crippen LogP contribution in [0.2, 0.25) is 0 Å². The Morgan fingerprint density at radius 3 is 2.52 bits per heavy atom. The van der Waals surface area contributed by atoms with Crippen LogP contribution < -0.4 is 10.2 Å². The first-order chi connectivity index (χ1) is 11.1. The van der Waals surface area contributed by atoms with Crippen LogP contribution in [0.1, 0.15) is 28.8 Å². The van der Waals surface area contributed by atoms with E-state index >= 15 is 0 Å². The molecular formula is C18H18BrFN2O. The van der Waals surface area contributed by atoms with E-state index in [1.807, 2.05) is 12.1 Å². The predicted octanol–water partition coefficient (Wildman–Crippen LogP) is 4.12. The molecule has 0 atom stereocenters. The Hall–Kier alpha value is -1.88. The molecule has 0 spiro atoms. The highest BCUT2D eigenvalue weighted by Gasteiger charge is 2.13. The highest BCUT2D eigenvalue weighted by molar-refractivity contribution is 9.10. The van der Waals surface area contributed by atoms with E-state index in [1.54, 1.807) is 6.07 Å². The average molecular weight is 377 g/mol. The molecule has 1 fully saturated rings. The second-order valence-corrected chi connectivity index (χ2v) is 6.58. The van der Waals surface area contributed by atoms with Gasteiger partial charge in [0.05, 0.1) is 5.56 Å². The van der Waals surface area contributed by atoms with E-state index < -0.39 is 11.7 Å². The van der Waals surface area contributed by atoms with Crippen LogP contribution in [0, 0.1) is 5.82 Å². The molecule has 3 rings (SSSR count). The van der Waals surface area contributed by atoms with Crippen molar-refractivity contribution < 1.29 is 9.18 Å². The molecule has 23 heavy (non-hydrogen) atoms. The molecule has 1 amide bonds. The summed E-state index contributed by atoms with van der Waals surface area (Å²) in [6, 6.07) is 12.5. The molecule has 0 saturated carbocycles. The first-order valence-corrected chi connectivity index (χ1v) is 8.50. The van der Waals surface area contributed by atoms with E-state index in [2.05, 4.69) is 38.3 Å². The molecule has 0 radical (unpaired) electrons. The maximum atomic E-state index is 13.7. The number of carbonyl (C=O) groups excluding carboxylic acids is 1. The number of nitrogens with one attached hydrogen (secondary N) is 1. The Bertz CT molecular complexity index is 697. The summed E-state index contributed by atoms with van der Waals surface area (Å²) in [6.45, 7) is 2.60. The zero-order valence-electron chi connectivity index (χ0n) is 12.7. The van der Waals surface area contributed by atoms with Crippen LogP contribution in [0.15, 0.2) is 46.9 Å². The molecule has 3 nitrogen and oxygen atoms in total. The molecule has 0 unspecified atom stereocenters. The smallest absolute Gasteiger partial charge is 0.254 e. The molecule has 1 N–H and O–H groups in total. The van der Waals surface area contributed by atoms with Crippen molar-refractivity contribution in [2.75, 3.05) is 18.0 Å². The molecule has 1 heterocycles. The second kappa shape index (κ2) is 7.13. The molecule has 0 aromatic heterocycles. The third-order valence-electron chi connectivity index (χ3n) is 4.03. The first kappa shape index (κ1) is 16.0. The molecule has 0 bridgehead atoms. The van der Waals surface area contributed by atoms with Gasteiger partial charge in [0.1, 0.15) is 5.82 Å². The number of anilines is 1. The molecule has 5 heteroatoms. The van der Waals surface area contributed by atoms with Gasteiger partial charge in [0, 0.05) is 29.8 Å². The summed E-state index contributed by atoms with van der Waals surface area (Å²) in [4.78, 5) is 14.4. The summed E-state index contributed by atoms with van der Waals surface area (Å²) in [5.74, 6) is -0.928. The molecule has 120 valence electrons. The maximum absolute atomic E-state index is 13.7. The van der Waals surface area contributed by atoms with E-state index in [9.17, 15) is 9.18 Å². The molecule has 0 aliphatic carbocycles. The third kappa shape index (κ3) is 3.91. The Balaban J connectivity index is 1.61. The van der Waals surface area contributed by atoms with E-state index in [0.29, 0.717) is 11.0 Å². The van der Waals surface area contributed by atoms with Crippen molar-refractivity contribution in [2.24, 2.45) is 0 Å². The summed E-state index contributed by atoms with van der Waals surface area (Å²) < 4.78 is 14.4. The van der Waals surface area contributed by atoms with Gasteiger partial charge in [0.25, 0.3) is 5.91 Å². The molecule has 1 aliphatic heterocycles. The lowest BCUT2D eigenvalue weighted by molar-refractivity contribution is 0.0947. The van der Waals surface area contributed by atoms with E-state index in [1.165, 1.54) is 30.7 Å². The minimum absolute atomic E-state index is 0.0491. The summed E-state index contributed by atoms with van der Waals surface area (Å²) in [6.07, 6.45) is 2.49. The number of hydrogen-bond acceptors (Lipinski definition) is 2. The van der Waals surface area contributed by atoms with Gasteiger partial charge in [0.2, 0.25) is 0 Å². The van der Waals surface area contributed by atoms with Gasteiger partial charge in [-0.05, 0) is 48.7 Å². The standard InChI is InChI=1S/C18H18BrFN2O/c19-14-5-8-17(20)16(11-14)18(23)21-12-13-3-6-15(7-4-13)22-9-1-2-10-22/h3-8,11H,1-2,9-10,12H2,(H,21,23). The number of benzene rings is 2.